The van der Waals surface area contributed by atoms with E-state index < -0.39 is 0 Å². The largest absolute Gasteiger partial charge is 0.316 e. The van der Waals surface area contributed by atoms with E-state index in [0.717, 1.165) is 35.8 Å². The molecule has 1 atom stereocenters. The van der Waals surface area contributed by atoms with Crippen LogP contribution in [0.4, 0.5) is 4.39 Å². The van der Waals surface area contributed by atoms with E-state index >= 15 is 0 Å². The van der Waals surface area contributed by atoms with Crippen molar-refractivity contribution in [3.63, 3.8) is 0 Å². The fourth-order valence-corrected chi connectivity index (χ4v) is 2.74. The van der Waals surface area contributed by atoms with Crippen LogP contribution >= 0.6 is 11.3 Å². The predicted octanol–water partition coefficient (Wildman–Crippen LogP) is 3.53. The van der Waals surface area contributed by atoms with Gasteiger partial charge in [0.25, 0.3) is 0 Å². The molecule has 0 fully saturated rings. The van der Waals surface area contributed by atoms with Gasteiger partial charge in [-0.15, -0.1) is 11.3 Å². The van der Waals surface area contributed by atoms with Gasteiger partial charge >= 0.3 is 0 Å². The molecule has 0 saturated heterocycles. The molecule has 19 heavy (non-hydrogen) atoms. The molecule has 0 aliphatic rings. The number of thiazole rings is 1. The van der Waals surface area contributed by atoms with Gasteiger partial charge in [0.15, 0.2) is 0 Å². The topological polar surface area (TPSA) is 24.9 Å². The molecular formula is C15H19FN2S. The average Bonchev–Trinajstić information content (AvgIpc) is 2.81. The van der Waals surface area contributed by atoms with Crippen molar-refractivity contribution in [2.45, 2.75) is 26.2 Å². The van der Waals surface area contributed by atoms with Gasteiger partial charge in [-0.05, 0) is 37.6 Å². The van der Waals surface area contributed by atoms with E-state index in [1.807, 2.05) is 19.1 Å². The maximum Gasteiger partial charge on any atom is 0.123 e. The minimum atomic E-state index is -0.185. The summed E-state index contributed by atoms with van der Waals surface area (Å²) in [6.07, 6.45) is 0.892. The first kappa shape index (κ1) is 14.2. The standard InChI is InChI=1S/C15H19FN2S/c1-3-17-9-13(8-15-10-19-11(2)18-15)12-4-6-14(16)7-5-12/h4-7,10,13,17H,3,8-9H2,1-2H3. The monoisotopic (exact) mass is 278 g/mol. The third-order valence-corrected chi connectivity index (χ3v) is 3.93. The van der Waals surface area contributed by atoms with E-state index in [9.17, 15) is 4.39 Å². The average molecular weight is 278 g/mol. The smallest absolute Gasteiger partial charge is 0.123 e. The molecule has 1 N–H and O–H groups in total. The van der Waals surface area contributed by atoms with Crippen LogP contribution in [0.2, 0.25) is 0 Å². The van der Waals surface area contributed by atoms with Gasteiger partial charge in [0.05, 0.1) is 10.7 Å². The van der Waals surface area contributed by atoms with Gasteiger partial charge in [0.1, 0.15) is 5.82 Å². The second-order valence-corrected chi connectivity index (χ2v) is 5.68. The minimum Gasteiger partial charge on any atom is -0.316 e. The molecule has 4 heteroatoms. The maximum absolute atomic E-state index is 13.0. The van der Waals surface area contributed by atoms with E-state index in [2.05, 4.69) is 22.6 Å². The van der Waals surface area contributed by atoms with Crippen LogP contribution in [0.3, 0.4) is 0 Å². The summed E-state index contributed by atoms with van der Waals surface area (Å²) < 4.78 is 13.0. The molecule has 102 valence electrons. The molecule has 0 aliphatic carbocycles. The van der Waals surface area contributed by atoms with Crippen LogP contribution in [-0.4, -0.2) is 18.1 Å². The Bertz CT molecular complexity index is 507. The Kier molecular flexibility index (Phi) is 5.05. The lowest BCUT2D eigenvalue weighted by molar-refractivity contribution is 0.585. The molecule has 0 amide bonds. The lowest BCUT2D eigenvalue weighted by Crippen LogP contribution is -2.22. The Morgan fingerprint density at radius 2 is 2.05 bits per heavy atom. The van der Waals surface area contributed by atoms with Crippen molar-refractivity contribution >= 4 is 11.3 Å². The van der Waals surface area contributed by atoms with Crippen LogP contribution < -0.4 is 5.32 Å². The zero-order valence-electron chi connectivity index (χ0n) is 11.3. The van der Waals surface area contributed by atoms with E-state index in [-0.39, 0.29) is 5.82 Å². The molecule has 1 aromatic carbocycles. The molecule has 0 spiro atoms. The van der Waals surface area contributed by atoms with Crippen molar-refractivity contribution in [2.24, 2.45) is 0 Å². The van der Waals surface area contributed by atoms with Gasteiger partial charge < -0.3 is 5.32 Å². The predicted molar refractivity (Wildman–Crippen MR) is 78.2 cm³/mol. The van der Waals surface area contributed by atoms with Gasteiger partial charge in [0, 0.05) is 17.8 Å². The zero-order valence-corrected chi connectivity index (χ0v) is 12.1. The van der Waals surface area contributed by atoms with E-state index in [1.165, 1.54) is 12.1 Å². The molecule has 0 aliphatic heterocycles. The van der Waals surface area contributed by atoms with Gasteiger partial charge in [-0.2, -0.15) is 0 Å². The summed E-state index contributed by atoms with van der Waals surface area (Å²) in [6.45, 7) is 5.94. The van der Waals surface area contributed by atoms with Crippen molar-refractivity contribution in [1.29, 1.82) is 0 Å². The van der Waals surface area contributed by atoms with Gasteiger partial charge in [-0.1, -0.05) is 19.1 Å². The first-order valence-electron chi connectivity index (χ1n) is 6.56. The molecule has 1 heterocycles. The molecule has 1 aromatic heterocycles. The number of nitrogens with zero attached hydrogens (tertiary/aromatic N) is 1. The van der Waals surface area contributed by atoms with E-state index in [0.29, 0.717) is 5.92 Å². The Balaban J connectivity index is 2.13. The van der Waals surface area contributed by atoms with Crippen LogP contribution in [0.1, 0.15) is 29.1 Å². The van der Waals surface area contributed by atoms with Crippen molar-refractivity contribution in [2.75, 3.05) is 13.1 Å². The quantitative estimate of drug-likeness (QED) is 0.874. The van der Waals surface area contributed by atoms with Crippen molar-refractivity contribution in [1.82, 2.24) is 10.3 Å². The van der Waals surface area contributed by atoms with Crippen molar-refractivity contribution in [3.8, 4) is 0 Å². The SMILES string of the molecule is CCNCC(Cc1csc(C)n1)c1ccc(F)cc1. The summed E-state index contributed by atoms with van der Waals surface area (Å²) >= 11 is 1.68. The van der Waals surface area contributed by atoms with Crippen LogP contribution in [0.5, 0.6) is 0 Å². The molecular weight excluding hydrogens is 259 g/mol. The maximum atomic E-state index is 13.0. The fourth-order valence-electron chi connectivity index (χ4n) is 2.12. The number of aryl methyl sites for hydroxylation is 1. The minimum absolute atomic E-state index is 0.185. The Labute approximate surface area is 117 Å². The Morgan fingerprint density at radius 3 is 2.63 bits per heavy atom. The highest BCUT2D eigenvalue weighted by Crippen LogP contribution is 2.22. The number of benzene rings is 1. The summed E-state index contributed by atoms with van der Waals surface area (Å²) in [7, 11) is 0. The molecule has 2 rings (SSSR count). The van der Waals surface area contributed by atoms with Gasteiger partial charge in [-0.25, -0.2) is 9.37 Å². The molecule has 0 bridgehead atoms. The first-order valence-corrected chi connectivity index (χ1v) is 7.44. The lowest BCUT2D eigenvalue weighted by atomic mass is 9.94. The van der Waals surface area contributed by atoms with E-state index in [4.69, 9.17) is 0 Å². The second kappa shape index (κ2) is 6.78. The number of likely N-dealkylation sites (N-methyl/N-ethyl adjacent to an activating group) is 1. The lowest BCUT2D eigenvalue weighted by Gasteiger charge is -2.16. The Hall–Kier alpha value is -1.26. The van der Waals surface area contributed by atoms with Crippen LogP contribution in [-0.2, 0) is 6.42 Å². The zero-order chi connectivity index (χ0) is 13.7. The van der Waals surface area contributed by atoms with Crippen LogP contribution in [0.15, 0.2) is 29.6 Å². The molecule has 2 aromatic rings. The number of nitrogens with one attached hydrogen (secondary N) is 1. The number of hydrogen-bond acceptors (Lipinski definition) is 3. The number of rotatable bonds is 6. The molecule has 0 radical (unpaired) electrons. The summed E-state index contributed by atoms with van der Waals surface area (Å²) in [4.78, 5) is 4.52. The molecule has 2 nitrogen and oxygen atoms in total. The second-order valence-electron chi connectivity index (χ2n) is 4.62. The highest BCUT2D eigenvalue weighted by molar-refractivity contribution is 7.09. The van der Waals surface area contributed by atoms with Gasteiger partial charge in [-0.3, -0.25) is 0 Å². The van der Waals surface area contributed by atoms with Crippen molar-refractivity contribution < 1.29 is 4.39 Å². The summed E-state index contributed by atoms with van der Waals surface area (Å²) in [5.74, 6) is 0.150. The summed E-state index contributed by atoms with van der Waals surface area (Å²) in [5.41, 5.74) is 2.28. The third kappa shape index (κ3) is 4.11. The van der Waals surface area contributed by atoms with E-state index in [1.54, 1.807) is 11.3 Å². The normalized spacial score (nSPS) is 12.6. The van der Waals surface area contributed by atoms with Crippen LogP contribution in [0, 0.1) is 12.7 Å². The van der Waals surface area contributed by atoms with Crippen LogP contribution in [0.25, 0.3) is 0 Å². The number of hydrogen-bond donors (Lipinski definition) is 1. The van der Waals surface area contributed by atoms with Crippen molar-refractivity contribution in [3.05, 3.63) is 51.7 Å². The number of halogens is 1. The molecule has 0 saturated carbocycles. The molecule has 1 unspecified atom stereocenters. The highest BCUT2D eigenvalue weighted by Gasteiger charge is 2.13. The first-order chi connectivity index (χ1) is 9.19. The Morgan fingerprint density at radius 1 is 1.32 bits per heavy atom. The summed E-state index contributed by atoms with van der Waals surface area (Å²) in [5, 5.41) is 6.57. The summed E-state index contributed by atoms with van der Waals surface area (Å²) in [6, 6.07) is 6.80. The highest BCUT2D eigenvalue weighted by atomic mass is 32.1. The fraction of sp³-hybridized carbons (Fsp3) is 0.400. The van der Waals surface area contributed by atoms with Gasteiger partial charge in [0.2, 0.25) is 0 Å². The third-order valence-electron chi connectivity index (χ3n) is 3.10. The number of aromatic nitrogens is 1.